The van der Waals surface area contributed by atoms with Gasteiger partial charge >= 0.3 is 5.97 Å². The molecule has 6 heteroatoms. The molecular formula is C13H15ClFNO3. The summed E-state index contributed by atoms with van der Waals surface area (Å²) in [6, 6.07) is 2.95. The summed E-state index contributed by atoms with van der Waals surface area (Å²) in [5, 5.41) is 11.1. The molecule has 1 rings (SSSR count). The monoisotopic (exact) mass is 287 g/mol. The first-order chi connectivity index (χ1) is 8.82. The number of carboxylic acids is 1. The topological polar surface area (TPSA) is 66.4 Å². The van der Waals surface area contributed by atoms with E-state index < -0.39 is 23.7 Å². The average Bonchev–Trinajstić information content (AvgIpc) is 2.31. The molecule has 0 saturated carbocycles. The van der Waals surface area contributed by atoms with Crippen molar-refractivity contribution in [2.75, 3.05) is 0 Å². The van der Waals surface area contributed by atoms with Gasteiger partial charge in [-0.25, -0.2) is 9.18 Å². The molecule has 104 valence electrons. The normalized spacial score (nSPS) is 12.3. The molecule has 0 spiro atoms. The Bertz CT molecular complexity index is 491. The molecule has 0 aliphatic carbocycles. The Labute approximate surface area is 115 Å². The Morgan fingerprint density at radius 3 is 2.58 bits per heavy atom. The molecule has 1 amide bonds. The summed E-state index contributed by atoms with van der Waals surface area (Å²) in [7, 11) is 0. The zero-order chi connectivity index (χ0) is 14.6. The Kier molecular flexibility index (Phi) is 5.30. The summed E-state index contributed by atoms with van der Waals surface area (Å²) >= 11 is 5.57. The van der Waals surface area contributed by atoms with Crippen molar-refractivity contribution in [2.24, 2.45) is 5.92 Å². The zero-order valence-corrected chi connectivity index (χ0v) is 11.4. The average molecular weight is 288 g/mol. The number of carboxylic acid groups (broad SMARTS) is 1. The van der Waals surface area contributed by atoms with Gasteiger partial charge in [-0.2, -0.15) is 0 Å². The number of rotatable bonds is 5. The van der Waals surface area contributed by atoms with Crippen molar-refractivity contribution in [1.29, 1.82) is 0 Å². The fraction of sp³-hybridized carbons (Fsp3) is 0.385. The maximum Gasteiger partial charge on any atom is 0.326 e. The molecule has 2 N–H and O–H groups in total. The molecule has 0 unspecified atom stereocenters. The Balaban J connectivity index is 2.88. The number of hydrogen-bond donors (Lipinski definition) is 2. The fourth-order valence-corrected chi connectivity index (χ4v) is 1.78. The largest absolute Gasteiger partial charge is 0.480 e. The Morgan fingerprint density at radius 1 is 1.42 bits per heavy atom. The van der Waals surface area contributed by atoms with Gasteiger partial charge in [0.15, 0.2) is 5.82 Å². The van der Waals surface area contributed by atoms with Gasteiger partial charge in [-0.15, -0.1) is 0 Å². The molecular weight excluding hydrogens is 273 g/mol. The third kappa shape index (κ3) is 4.21. The maximum atomic E-state index is 13.6. The maximum absolute atomic E-state index is 13.6. The summed E-state index contributed by atoms with van der Waals surface area (Å²) in [4.78, 5) is 22.9. The molecule has 0 radical (unpaired) electrons. The summed E-state index contributed by atoms with van der Waals surface area (Å²) in [5.74, 6) is -2.70. The van der Waals surface area contributed by atoms with Crippen LogP contribution in [0.3, 0.4) is 0 Å². The summed E-state index contributed by atoms with van der Waals surface area (Å²) in [5.41, 5.74) is -0.262. The first kappa shape index (κ1) is 15.4. The molecule has 4 nitrogen and oxygen atoms in total. The number of nitrogens with one attached hydrogen (secondary N) is 1. The molecule has 0 aromatic heterocycles. The van der Waals surface area contributed by atoms with Crippen molar-refractivity contribution < 1.29 is 19.1 Å². The minimum Gasteiger partial charge on any atom is -0.480 e. The van der Waals surface area contributed by atoms with Crippen LogP contribution < -0.4 is 5.32 Å². The number of hydrogen-bond acceptors (Lipinski definition) is 2. The number of carbonyl (C=O) groups excluding carboxylic acids is 1. The van der Waals surface area contributed by atoms with Crippen molar-refractivity contribution in [2.45, 2.75) is 26.3 Å². The molecule has 0 bridgehead atoms. The molecule has 19 heavy (non-hydrogen) atoms. The zero-order valence-electron chi connectivity index (χ0n) is 10.6. The highest BCUT2D eigenvalue weighted by Gasteiger charge is 2.23. The van der Waals surface area contributed by atoms with E-state index >= 15 is 0 Å². The summed E-state index contributed by atoms with van der Waals surface area (Å²) in [6.07, 6.45) is 0.267. The number of halogens is 2. The first-order valence-corrected chi connectivity index (χ1v) is 6.18. The van der Waals surface area contributed by atoms with Gasteiger partial charge < -0.3 is 10.4 Å². The second kappa shape index (κ2) is 6.52. The second-order valence-corrected chi connectivity index (χ2v) is 5.00. The smallest absolute Gasteiger partial charge is 0.326 e. The first-order valence-electron chi connectivity index (χ1n) is 5.80. The predicted molar refractivity (Wildman–Crippen MR) is 69.8 cm³/mol. The molecule has 0 heterocycles. The number of amides is 1. The second-order valence-electron chi connectivity index (χ2n) is 4.60. The van der Waals surface area contributed by atoms with E-state index in [9.17, 15) is 14.0 Å². The lowest BCUT2D eigenvalue weighted by molar-refractivity contribution is -0.139. The Hall–Kier alpha value is -1.62. The van der Waals surface area contributed by atoms with E-state index in [4.69, 9.17) is 16.7 Å². The van der Waals surface area contributed by atoms with Gasteiger partial charge in [0.05, 0.1) is 10.6 Å². The third-order valence-corrected chi connectivity index (χ3v) is 2.80. The van der Waals surface area contributed by atoms with E-state index in [0.717, 1.165) is 0 Å². The van der Waals surface area contributed by atoms with Crippen LogP contribution in [0.25, 0.3) is 0 Å². The van der Waals surface area contributed by atoms with Crippen LogP contribution >= 0.6 is 11.6 Å². The predicted octanol–water partition coefficient (Wildman–Crippen LogP) is 2.71. The van der Waals surface area contributed by atoms with Gasteiger partial charge in [0.2, 0.25) is 0 Å². The lowest BCUT2D eigenvalue weighted by Gasteiger charge is -2.16. The van der Waals surface area contributed by atoms with E-state index in [1.807, 2.05) is 13.8 Å². The van der Waals surface area contributed by atoms with Crippen LogP contribution in [-0.2, 0) is 4.79 Å². The van der Waals surface area contributed by atoms with Gasteiger partial charge in [-0.05, 0) is 24.5 Å². The summed E-state index contributed by atoms with van der Waals surface area (Å²) < 4.78 is 13.6. The third-order valence-electron chi connectivity index (χ3n) is 2.51. The van der Waals surface area contributed by atoms with Gasteiger partial charge in [-0.3, -0.25) is 4.79 Å². The van der Waals surface area contributed by atoms with Gasteiger partial charge in [0, 0.05) is 0 Å². The van der Waals surface area contributed by atoms with Crippen LogP contribution in [0.15, 0.2) is 18.2 Å². The standard InChI is InChI=1S/C13H15ClFNO3/c1-7(2)6-10(13(18)19)16-12(17)8-4-3-5-9(14)11(8)15/h3-5,7,10H,6H2,1-2H3,(H,16,17)(H,18,19)/t10-/m1/s1. The molecule has 0 fully saturated rings. The highest BCUT2D eigenvalue weighted by Crippen LogP contribution is 2.18. The van der Waals surface area contributed by atoms with Crippen molar-refractivity contribution in [3.8, 4) is 0 Å². The van der Waals surface area contributed by atoms with Crippen molar-refractivity contribution in [1.82, 2.24) is 5.32 Å². The van der Waals surface area contributed by atoms with E-state index in [1.54, 1.807) is 0 Å². The molecule has 1 aromatic carbocycles. The highest BCUT2D eigenvalue weighted by molar-refractivity contribution is 6.31. The molecule has 0 aliphatic rings. The van der Waals surface area contributed by atoms with Crippen LogP contribution in [-0.4, -0.2) is 23.0 Å². The number of carbonyl (C=O) groups is 2. The van der Waals surface area contributed by atoms with Crippen LogP contribution in [0.1, 0.15) is 30.6 Å². The van der Waals surface area contributed by atoms with Gasteiger partial charge in [-0.1, -0.05) is 31.5 Å². The van der Waals surface area contributed by atoms with Crippen molar-refractivity contribution in [3.05, 3.63) is 34.6 Å². The van der Waals surface area contributed by atoms with Crippen LogP contribution in [0.2, 0.25) is 5.02 Å². The Morgan fingerprint density at radius 2 is 2.05 bits per heavy atom. The molecule has 0 saturated heterocycles. The fourth-order valence-electron chi connectivity index (χ4n) is 1.61. The van der Waals surface area contributed by atoms with E-state index in [-0.39, 0.29) is 22.9 Å². The van der Waals surface area contributed by atoms with Crippen molar-refractivity contribution >= 4 is 23.5 Å². The minimum atomic E-state index is -1.15. The molecule has 1 atom stereocenters. The lowest BCUT2D eigenvalue weighted by atomic mass is 10.0. The van der Waals surface area contributed by atoms with E-state index in [2.05, 4.69) is 5.32 Å². The van der Waals surface area contributed by atoms with Crippen LogP contribution in [0.5, 0.6) is 0 Å². The van der Waals surface area contributed by atoms with Crippen LogP contribution in [0, 0.1) is 11.7 Å². The SMILES string of the molecule is CC(C)C[C@@H](NC(=O)c1cccc(Cl)c1F)C(=O)O. The lowest BCUT2D eigenvalue weighted by Crippen LogP contribution is -2.41. The summed E-state index contributed by atoms with van der Waals surface area (Å²) in [6.45, 7) is 3.67. The highest BCUT2D eigenvalue weighted by atomic mass is 35.5. The van der Waals surface area contributed by atoms with E-state index in [0.29, 0.717) is 0 Å². The van der Waals surface area contributed by atoms with Crippen molar-refractivity contribution in [3.63, 3.8) is 0 Å². The van der Waals surface area contributed by atoms with Crippen LogP contribution in [0.4, 0.5) is 4.39 Å². The number of aliphatic carboxylic acids is 1. The number of benzene rings is 1. The van der Waals surface area contributed by atoms with Gasteiger partial charge in [0.1, 0.15) is 6.04 Å². The van der Waals surface area contributed by atoms with Gasteiger partial charge in [0.25, 0.3) is 5.91 Å². The minimum absolute atomic E-state index is 0.0885. The molecule has 1 aromatic rings. The molecule has 0 aliphatic heterocycles. The quantitative estimate of drug-likeness (QED) is 0.875. The van der Waals surface area contributed by atoms with E-state index in [1.165, 1.54) is 18.2 Å².